The van der Waals surface area contributed by atoms with Crippen molar-refractivity contribution in [1.82, 2.24) is 29.0 Å². The minimum absolute atomic E-state index is 0.0794. The number of likely N-dealkylation sites (tertiary alicyclic amines) is 1. The minimum Gasteiger partial charge on any atom is -0.338 e. The number of hydrogen-bond donors (Lipinski definition) is 0. The highest BCUT2D eigenvalue weighted by Crippen LogP contribution is 2.20. The van der Waals surface area contributed by atoms with Crippen molar-refractivity contribution >= 4 is 17.5 Å². The Labute approximate surface area is 179 Å². The molecule has 1 aliphatic rings. The number of aryl methyl sites for hydroxylation is 1. The molecular weight excluding hydrogens is 392 g/mol. The lowest BCUT2D eigenvalue weighted by Gasteiger charge is -2.30. The molecule has 1 aromatic carbocycles. The number of fused-ring (bicyclic) bond motifs is 1. The Bertz CT molecular complexity index is 1270. The van der Waals surface area contributed by atoms with E-state index in [0.29, 0.717) is 29.3 Å². The molecule has 0 radical (unpaired) electrons. The van der Waals surface area contributed by atoms with Crippen LogP contribution >= 0.6 is 0 Å². The number of nitrogens with zero attached hydrogens (tertiary/aromatic N) is 6. The van der Waals surface area contributed by atoms with Gasteiger partial charge in [0.2, 0.25) is 5.78 Å². The maximum absolute atomic E-state index is 13.2. The molecule has 0 bridgehead atoms. The molecule has 0 aliphatic carbocycles. The summed E-state index contributed by atoms with van der Waals surface area (Å²) in [5.74, 6) is 0.235. The van der Waals surface area contributed by atoms with Crippen LogP contribution in [0.15, 0.2) is 55.0 Å². The van der Waals surface area contributed by atoms with Gasteiger partial charge in [-0.2, -0.15) is 5.10 Å². The first kappa shape index (κ1) is 19.2. The van der Waals surface area contributed by atoms with Gasteiger partial charge in [-0.3, -0.25) is 18.7 Å². The van der Waals surface area contributed by atoms with Gasteiger partial charge < -0.3 is 4.90 Å². The molecule has 4 heterocycles. The van der Waals surface area contributed by atoms with E-state index in [0.717, 1.165) is 30.8 Å². The predicted octanol–water partition coefficient (Wildman–Crippen LogP) is 2.88. The Hall–Kier alpha value is -3.81. The largest absolute Gasteiger partial charge is 0.338 e. The highest BCUT2D eigenvalue weighted by atomic mass is 16.2. The van der Waals surface area contributed by atoms with Gasteiger partial charge in [0.05, 0.1) is 29.6 Å². The van der Waals surface area contributed by atoms with Gasteiger partial charge in [0.25, 0.3) is 5.91 Å². The Morgan fingerprint density at radius 1 is 1.06 bits per heavy atom. The number of imidazole rings is 1. The van der Waals surface area contributed by atoms with E-state index in [-0.39, 0.29) is 18.1 Å². The molecule has 8 heteroatoms. The van der Waals surface area contributed by atoms with Crippen molar-refractivity contribution in [3.63, 3.8) is 0 Å². The van der Waals surface area contributed by atoms with Crippen molar-refractivity contribution in [2.75, 3.05) is 13.1 Å². The molecule has 8 nitrogen and oxygen atoms in total. The Morgan fingerprint density at radius 3 is 2.58 bits per heavy atom. The van der Waals surface area contributed by atoms with Crippen LogP contribution in [0.4, 0.5) is 0 Å². The number of aromatic nitrogens is 5. The summed E-state index contributed by atoms with van der Waals surface area (Å²) >= 11 is 0. The number of carbonyl (C=O) groups is 2. The first-order valence-electron chi connectivity index (χ1n) is 10.4. The van der Waals surface area contributed by atoms with E-state index in [1.54, 1.807) is 9.58 Å². The molecule has 31 heavy (non-hydrogen) atoms. The topological polar surface area (TPSA) is 85.4 Å². The smallest absolute Gasteiger partial charge is 0.257 e. The lowest BCUT2D eigenvalue weighted by atomic mass is 10.1. The molecule has 1 amide bonds. The Morgan fingerprint density at radius 2 is 1.87 bits per heavy atom. The van der Waals surface area contributed by atoms with E-state index in [1.807, 2.05) is 60.1 Å². The first-order chi connectivity index (χ1) is 15.1. The molecular formula is C23H22N6O2. The molecule has 0 unspecified atom stereocenters. The molecule has 0 spiro atoms. The molecule has 1 fully saturated rings. The van der Waals surface area contributed by atoms with Gasteiger partial charge in [0.1, 0.15) is 5.69 Å². The SMILES string of the molecule is CCn1ncc(C(=O)N2CCC2)c1C(=O)Cc1ccn2cc(-c3ccccc3)nc2n1. The summed E-state index contributed by atoms with van der Waals surface area (Å²) in [6.45, 7) is 3.88. The zero-order valence-electron chi connectivity index (χ0n) is 17.2. The lowest BCUT2D eigenvalue weighted by Crippen LogP contribution is -2.42. The summed E-state index contributed by atoms with van der Waals surface area (Å²) in [6.07, 6.45) is 6.35. The minimum atomic E-state index is -0.171. The van der Waals surface area contributed by atoms with Crippen LogP contribution in [-0.2, 0) is 13.0 Å². The van der Waals surface area contributed by atoms with Crippen LogP contribution in [0.3, 0.4) is 0 Å². The zero-order chi connectivity index (χ0) is 21.4. The zero-order valence-corrected chi connectivity index (χ0v) is 17.2. The molecule has 1 saturated heterocycles. The fourth-order valence-corrected chi connectivity index (χ4v) is 3.77. The van der Waals surface area contributed by atoms with Crippen LogP contribution < -0.4 is 0 Å². The second kappa shape index (κ2) is 7.79. The van der Waals surface area contributed by atoms with Crippen LogP contribution in [0.2, 0.25) is 0 Å². The highest BCUT2D eigenvalue weighted by Gasteiger charge is 2.29. The summed E-state index contributed by atoms with van der Waals surface area (Å²) in [7, 11) is 0. The van der Waals surface area contributed by atoms with E-state index in [4.69, 9.17) is 0 Å². The van der Waals surface area contributed by atoms with E-state index >= 15 is 0 Å². The van der Waals surface area contributed by atoms with Crippen molar-refractivity contribution in [1.29, 1.82) is 0 Å². The molecule has 156 valence electrons. The summed E-state index contributed by atoms with van der Waals surface area (Å²) in [4.78, 5) is 36.8. The molecule has 1 aliphatic heterocycles. The molecule has 4 aromatic rings. The maximum atomic E-state index is 13.2. The number of benzene rings is 1. The normalized spacial score (nSPS) is 13.4. The van der Waals surface area contributed by atoms with Crippen LogP contribution in [0.1, 0.15) is 39.9 Å². The van der Waals surface area contributed by atoms with Crippen molar-refractivity contribution in [3.8, 4) is 11.3 Å². The predicted molar refractivity (Wildman–Crippen MR) is 115 cm³/mol. The highest BCUT2D eigenvalue weighted by molar-refractivity contribution is 6.07. The number of hydrogen-bond acceptors (Lipinski definition) is 5. The van der Waals surface area contributed by atoms with E-state index < -0.39 is 0 Å². The van der Waals surface area contributed by atoms with E-state index in [9.17, 15) is 9.59 Å². The number of carbonyl (C=O) groups excluding carboxylic acids is 2. The van der Waals surface area contributed by atoms with Crippen molar-refractivity contribution < 1.29 is 9.59 Å². The second-order valence-electron chi connectivity index (χ2n) is 7.59. The average molecular weight is 414 g/mol. The van der Waals surface area contributed by atoms with Gasteiger partial charge in [-0.1, -0.05) is 30.3 Å². The van der Waals surface area contributed by atoms with Crippen molar-refractivity contribution in [2.45, 2.75) is 26.3 Å². The number of rotatable bonds is 6. The summed E-state index contributed by atoms with van der Waals surface area (Å²) in [5, 5.41) is 4.26. The van der Waals surface area contributed by atoms with E-state index in [2.05, 4.69) is 15.1 Å². The summed E-state index contributed by atoms with van der Waals surface area (Å²) in [6, 6.07) is 11.7. The Balaban J connectivity index is 1.43. The standard InChI is InChI=1S/C23H22N6O2/c1-2-29-21(18(14-24-29)22(31)27-10-6-11-27)20(30)13-17-9-12-28-15-19(26-23(28)25-17)16-7-4-3-5-8-16/h3-5,7-9,12,14-15H,2,6,10-11,13H2,1H3. The van der Waals surface area contributed by atoms with E-state index in [1.165, 1.54) is 6.20 Å². The van der Waals surface area contributed by atoms with Crippen LogP contribution in [-0.4, -0.2) is 53.8 Å². The van der Waals surface area contributed by atoms with Crippen LogP contribution in [0.25, 0.3) is 17.0 Å². The quantitative estimate of drug-likeness (QED) is 0.453. The summed E-state index contributed by atoms with van der Waals surface area (Å²) < 4.78 is 3.43. The van der Waals surface area contributed by atoms with Gasteiger partial charge in [-0.05, 0) is 19.4 Å². The third-order valence-corrected chi connectivity index (χ3v) is 5.57. The first-order valence-corrected chi connectivity index (χ1v) is 10.4. The molecule has 0 saturated carbocycles. The third-order valence-electron chi connectivity index (χ3n) is 5.57. The Kier molecular flexibility index (Phi) is 4.82. The van der Waals surface area contributed by atoms with Gasteiger partial charge in [0.15, 0.2) is 5.78 Å². The van der Waals surface area contributed by atoms with Crippen molar-refractivity contribution in [3.05, 3.63) is 71.9 Å². The number of ketones is 1. The number of amides is 1. The lowest BCUT2D eigenvalue weighted by molar-refractivity contribution is 0.0647. The molecule has 0 N–H and O–H groups in total. The average Bonchev–Trinajstić information content (AvgIpc) is 3.37. The third kappa shape index (κ3) is 3.50. The fraction of sp³-hybridized carbons (Fsp3) is 0.261. The van der Waals surface area contributed by atoms with Gasteiger partial charge >= 0.3 is 0 Å². The monoisotopic (exact) mass is 414 g/mol. The van der Waals surface area contributed by atoms with Gasteiger partial charge in [-0.15, -0.1) is 0 Å². The molecule has 0 atom stereocenters. The summed E-state index contributed by atoms with van der Waals surface area (Å²) in [5.41, 5.74) is 3.16. The molecule has 5 rings (SSSR count). The second-order valence-corrected chi connectivity index (χ2v) is 7.59. The van der Waals surface area contributed by atoms with Crippen LogP contribution in [0.5, 0.6) is 0 Å². The van der Waals surface area contributed by atoms with Crippen LogP contribution in [0, 0.1) is 0 Å². The molecule has 3 aromatic heterocycles. The van der Waals surface area contributed by atoms with Crippen molar-refractivity contribution in [2.24, 2.45) is 0 Å². The maximum Gasteiger partial charge on any atom is 0.257 e. The number of Topliss-reactive ketones (excluding diaryl/α,β-unsaturated/α-hetero) is 1. The van der Waals surface area contributed by atoms with Gasteiger partial charge in [-0.25, -0.2) is 9.97 Å². The fourth-order valence-electron chi connectivity index (χ4n) is 3.77. The van der Waals surface area contributed by atoms with Gasteiger partial charge in [0, 0.05) is 37.6 Å².